The van der Waals surface area contributed by atoms with E-state index in [1.807, 2.05) is 48.5 Å². The van der Waals surface area contributed by atoms with Gasteiger partial charge in [0.05, 0.1) is 18.4 Å². The number of benzene rings is 3. The molecule has 0 aliphatic carbocycles. The van der Waals surface area contributed by atoms with Crippen molar-refractivity contribution < 1.29 is 23.8 Å². The van der Waals surface area contributed by atoms with E-state index in [2.05, 4.69) is 5.32 Å². The average molecular weight is 449 g/mol. The summed E-state index contributed by atoms with van der Waals surface area (Å²) >= 11 is 1.56. The van der Waals surface area contributed by atoms with Crippen molar-refractivity contribution in [3.05, 3.63) is 77.9 Å². The molecular formula is C24H20N2O5S. The number of rotatable bonds is 5. The molecule has 0 bridgehead atoms. The summed E-state index contributed by atoms with van der Waals surface area (Å²) in [6, 6.07) is 20.1. The molecule has 2 amide bonds. The summed E-state index contributed by atoms with van der Waals surface area (Å²) in [5, 5.41) is 2.73. The van der Waals surface area contributed by atoms with E-state index in [0.29, 0.717) is 34.3 Å². The Balaban J connectivity index is 1.35. The van der Waals surface area contributed by atoms with Crippen molar-refractivity contribution in [3.63, 3.8) is 0 Å². The highest BCUT2D eigenvalue weighted by Crippen LogP contribution is 2.44. The molecule has 7 nitrogen and oxygen atoms in total. The van der Waals surface area contributed by atoms with Gasteiger partial charge in [-0.2, -0.15) is 0 Å². The standard InChI is InChI=1S/C24H20N2O5S/c1-29-19-5-3-2-4-18(19)23(28)25-16-8-6-15(7-9-16)24-26(22(27)13-32-24)17-10-11-20-21(12-17)31-14-30-20/h2-12,24H,13-14H2,1H3,(H,25,28)/t24-/m0/s1. The van der Waals surface area contributed by atoms with E-state index >= 15 is 0 Å². The van der Waals surface area contributed by atoms with Gasteiger partial charge in [-0.05, 0) is 42.0 Å². The summed E-state index contributed by atoms with van der Waals surface area (Å²) in [4.78, 5) is 27.1. The highest BCUT2D eigenvalue weighted by atomic mass is 32.2. The van der Waals surface area contributed by atoms with Crippen LogP contribution in [0.15, 0.2) is 66.7 Å². The minimum absolute atomic E-state index is 0.0346. The molecule has 2 heterocycles. The first-order chi connectivity index (χ1) is 15.6. The lowest BCUT2D eigenvalue weighted by Crippen LogP contribution is -2.27. The van der Waals surface area contributed by atoms with Crippen molar-refractivity contribution in [3.8, 4) is 17.2 Å². The van der Waals surface area contributed by atoms with E-state index in [-0.39, 0.29) is 24.0 Å². The molecule has 3 aromatic carbocycles. The van der Waals surface area contributed by atoms with E-state index in [9.17, 15) is 9.59 Å². The van der Waals surface area contributed by atoms with Gasteiger partial charge in [-0.3, -0.25) is 14.5 Å². The quantitative estimate of drug-likeness (QED) is 0.621. The zero-order chi connectivity index (χ0) is 22.1. The van der Waals surface area contributed by atoms with Crippen LogP contribution in [-0.4, -0.2) is 31.5 Å². The van der Waals surface area contributed by atoms with Crippen LogP contribution in [0, 0.1) is 0 Å². The number of nitrogens with zero attached hydrogens (tertiary/aromatic N) is 1. The molecule has 0 unspecified atom stereocenters. The normalized spacial score (nSPS) is 16.8. The molecule has 2 aliphatic heterocycles. The molecule has 2 aliphatic rings. The number of ether oxygens (including phenoxy) is 3. The summed E-state index contributed by atoms with van der Waals surface area (Å²) in [5.74, 6) is 2.02. The predicted molar refractivity (Wildman–Crippen MR) is 123 cm³/mol. The van der Waals surface area contributed by atoms with E-state index in [0.717, 1.165) is 11.3 Å². The SMILES string of the molecule is COc1ccccc1C(=O)Nc1ccc([C@@H]2SCC(=O)N2c2ccc3c(c2)OCO3)cc1. The van der Waals surface area contributed by atoms with E-state index in [4.69, 9.17) is 14.2 Å². The Morgan fingerprint density at radius 1 is 1.06 bits per heavy atom. The lowest BCUT2D eigenvalue weighted by molar-refractivity contribution is -0.115. The van der Waals surface area contributed by atoms with Crippen LogP contribution in [0.2, 0.25) is 0 Å². The van der Waals surface area contributed by atoms with Crippen LogP contribution < -0.4 is 24.4 Å². The van der Waals surface area contributed by atoms with Crippen LogP contribution in [-0.2, 0) is 4.79 Å². The first-order valence-corrected chi connectivity index (χ1v) is 11.1. The molecule has 0 spiro atoms. The summed E-state index contributed by atoms with van der Waals surface area (Å²) in [6.07, 6.45) is 0. The topological polar surface area (TPSA) is 77.1 Å². The number of hydrogen-bond donors (Lipinski definition) is 1. The van der Waals surface area contributed by atoms with Gasteiger partial charge in [-0.15, -0.1) is 11.8 Å². The molecule has 1 fully saturated rings. The number of nitrogens with one attached hydrogen (secondary N) is 1. The molecule has 1 atom stereocenters. The van der Waals surface area contributed by atoms with Gasteiger partial charge in [0.1, 0.15) is 11.1 Å². The predicted octanol–water partition coefficient (Wildman–Crippen LogP) is 4.45. The van der Waals surface area contributed by atoms with Gasteiger partial charge >= 0.3 is 0 Å². The fourth-order valence-electron chi connectivity index (χ4n) is 3.75. The minimum Gasteiger partial charge on any atom is -0.496 e. The molecule has 0 radical (unpaired) electrons. The van der Waals surface area contributed by atoms with Crippen LogP contribution in [0.25, 0.3) is 0 Å². The summed E-state index contributed by atoms with van der Waals surface area (Å²) in [7, 11) is 1.54. The Morgan fingerprint density at radius 3 is 2.66 bits per heavy atom. The van der Waals surface area contributed by atoms with Crippen molar-refractivity contribution >= 4 is 35.0 Å². The number of methoxy groups -OCH3 is 1. The van der Waals surface area contributed by atoms with Crippen molar-refractivity contribution in [2.24, 2.45) is 0 Å². The van der Waals surface area contributed by atoms with Gasteiger partial charge in [0.25, 0.3) is 5.91 Å². The monoisotopic (exact) mass is 448 g/mol. The summed E-state index contributed by atoms with van der Waals surface area (Å²) < 4.78 is 16.1. The van der Waals surface area contributed by atoms with Gasteiger partial charge in [-0.1, -0.05) is 24.3 Å². The molecular weight excluding hydrogens is 428 g/mol. The fourth-order valence-corrected chi connectivity index (χ4v) is 4.92. The lowest BCUT2D eigenvalue weighted by Gasteiger charge is -2.24. The van der Waals surface area contributed by atoms with Crippen molar-refractivity contribution in [1.29, 1.82) is 0 Å². The summed E-state index contributed by atoms with van der Waals surface area (Å²) in [5.41, 5.74) is 2.86. The van der Waals surface area contributed by atoms with Gasteiger partial charge < -0.3 is 19.5 Å². The van der Waals surface area contributed by atoms with Gasteiger partial charge in [-0.25, -0.2) is 0 Å². The van der Waals surface area contributed by atoms with Crippen molar-refractivity contribution in [1.82, 2.24) is 0 Å². The lowest BCUT2D eigenvalue weighted by atomic mass is 10.1. The largest absolute Gasteiger partial charge is 0.496 e. The molecule has 1 saturated heterocycles. The number of para-hydroxylation sites is 1. The van der Waals surface area contributed by atoms with Crippen LogP contribution in [0.4, 0.5) is 11.4 Å². The number of hydrogen-bond acceptors (Lipinski definition) is 6. The second-order valence-corrected chi connectivity index (χ2v) is 8.31. The Morgan fingerprint density at radius 2 is 1.84 bits per heavy atom. The van der Waals surface area contributed by atoms with Crippen LogP contribution in [0.5, 0.6) is 17.2 Å². The number of fused-ring (bicyclic) bond motifs is 1. The number of carbonyl (C=O) groups excluding carboxylic acids is 2. The summed E-state index contributed by atoms with van der Waals surface area (Å²) in [6.45, 7) is 0.187. The smallest absolute Gasteiger partial charge is 0.259 e. The fraction of sp³-hybridized carbons (Fsp3) is 0.167. The molecule has 8 heteroatoms. The first kappa shape index (κ1) is 20.3. The second kappa shape index (κ2) is 8.47. The average Bonchev–Trinajstić information content (AvgIpc) is 3.45. The molecule has 32 heavy (non-hydrogen) atoms. The highest BCUT2D eigenvalue weighted by Gasteiger charge is 2.34. The second-order valence-electron chi connectivity index (χ2n) is 7.24. The molecule has 162 valence electrons. The zero-order valence-corrected chi connectivity index (χ0v) is 18.1. The van der Waals surface area contributed by atoms with E-state index in [1.165, 1.54) is 7.11 Å². The Labute approximate surface area is 189 Å². The maximum atomic E-state index is 12.7. The van der Waals surface area contributed by atoms with Crippen LogP contribution in [0.1, 0.15) is 21.3 Å². The number of amides is 2. The first-order valence-electron chi connectivity index (χ1n) is 10.0. The van der Waals surface area contributed by atoms with Crippen LogP contribution >= 0.6 is 11.8 Å². The van der Waals surface area contributed by atoms with Crippen molar-refractivity contribution in [2.45, 2.75) is 5.37 Å². The highest BCUT2D eigenvalue weighted by molar-refractivity contribution is 8.00. The van der Waals surface area contributed by atoms with Gasteiger partial charge in [0, 0.05) is 17.4 Å². The van der Waals surface area contributed by atoms with Crippen molar-refractivity contribution in [2.75, 3.05) is 29.9 Å². The molecule has 5 rings (SSSR count). The maximum absolute atomic E-state index is 12.7. The number of carbonyl (C=O) groups is 2. The van der Waals surface area contributed by atoms with Crippen LogP contribution in [0.3, 0.4) is 0 Å². The van der Waals surface area contributed by atoms with E-state index in [1.54, 1.807) is 34.9 Å². The van der Waals surface area contributed by atoms with E-state index < -0.39 is 0 Å². The zero-order valence-electron chi connectivity index (χ0n) is 17.2. The molecule has 0 aromatic heterocycles. The molecule has 1 N–H and O–H groups in total. The third kappa shape index (κ3) is 3.73. The Bertz CT molecular complexity index is 1180. The number of anilines is 2. The third-order valence-electron chi connectivity index (χ3n) is 5.31. The number of thioether (sulfide) groups is 1. The van der Waals surface area contributed by atoms with Gasteiger partial charge in [0.2, 0.25) is 12.7 Å². The minimum atomic E-state index is -0.248. The maximum Gasteiger partial charge on any atom is 0.259 e. The molecule has 0 saturated carbocycles. The molecule has 3 aromatic rings. The van der Waals surface area contributed by atoms with Gasteiger partial charge in [0.15, 0.2) is 11.5 Å². The Kier molecular flexibility index (Phi) is 5.36. The third-order valence-corrected chi connectivity index (χ3v) is 6.52. The Hall–Kier alpha value is -3.65.